The first-order chi connectivity index (χ1) is 23.2. The van der Waals surface area contributed by atoms with Gasteiger partial charge in [-0.15, -0.1) is 0 Å². The van der Waals surface area contributed by atoms with Gasteiger partial charge in [0.2, 0.25) is 0 Å². The van der Waals surface area contributed by atoms with E-state index in [0.717, 1.165) is 27.1 Å². The van der Waals surface area contributed by atoms with Crippen molar-refractivity contribution in [1.82, 2.24) is 0 Å². The fraction of sp³-hybridized carbons (Fsp3) is 0. The molecule has 0 saturated heterocycles. The van der Waals surface area contributed by atoms with Gasteiger partial charge in [-0.05, 0) is 74.1 Å². The lowest BCUT2D eigenvalue weighted by Crippen LogP contribution is -1.90. The Morgan fingerprint density at radius 2 is 1.05 bits per heavy atom. The van der Waals surface area contributed by atoms with Gasteiger partial charge in [0.1, 0.15) is 22.3 Å². The molecule has 0 spiro atoms. The topological polar surface area (TPSA) is 26.3 Å². The van der Waals surface area contributed by atoms with Crippen molar-refractivity contribution in [1.29, 1.82) is 0 Å². The lowest BCUT2D eigenvalue weighted by molar-refractivity contribution is 0.663. The van der Waals surface area contributed by atoms with Crippen molar-refractivity contribution in [2.24, 2.45) is 0 Å². The minimum atomic E-state index is -0.438. The maximum atomic E-state index is 9.15. The van der Waals surface area contributed by atoms with E-state index in [1.807, 2.05) is 54.6 Å². The number of rotatable bonds is 2. The molecule has 2 heterocycles. The Morgan fingerprint density at radius 3 is 1.77 bits per heavy atom. The van der Waals surface area contributed by atoms with Gasteiger partial charge in [0.15, 0.2) is 0 Å². The molecule has 0 amide bonds. The molecule has 0 unspecified atom stereocenters. The third kappa shape index (κ3) is 2.93. The molecular weight excluding hydrogens is 488 g/mol. The zero-order chi connectivity index (χ0) is 33.2. The number of hydrogen-bond acceptors (Lipinski definition) is 2. The van der Waals surface area contributed by atoms with E-state index in [4.69, 9.17) is 19.8 Å². The zero-order valence-corrected chi connectivity index (χ0v) is 20.9. The molecule has 7 aromatic carbocycles. The number of fused-ring (bicyclic) bond motifs is 9. The van der Waals surface area contributed by atoms with E-state index < -0.39 is 24.2 Å². The lowest BCUT2D eigenvalue weighted by atomic mass is 9.86. The monoisotopic (exact) mass is 518 g/mol. The smallest absolute Gasteiger partial charge is 0.147 e. The predicted molar refractivity (Wildman–Crippen MR) is 167 cm³/mol. The summed E-state index contributed by atoms with van der Waals surface area (Å²) >= 11 is 0. The van der Waals surface area contributed by atoms with E-state index in [9.17, 15) is 0 Å². The van der Waals surface area contributed by atoms with Gasteiger partial charge < -0.3 is 8.83 Å². The van der Waals surface area contributed by atoms with Crippen LogP contribution < -0.4 is 0 Å². The maximum absolute atomic E-state index is 9.15. The first-order valence-electron chi connectivity index (χ1n) is 17.0. The van der Waals surface area contributed by atoms with E-state index in [1.54, 1.807) is 30.3 Å². The summed E-state index contributed by atoms with van der Waals surface area (Å²) in [7, 11) is 0. The van der Waals surface area contributed by atoms with Crippen molar-refractivity contribution < 1.29 is 19.8 Å². The molecule has 0 saturated carbocycles. The first-order valence-corrected chi connectivity index (χ1v) is 13.0. The molecule has 9 rings (SSSR count). The van der Waals surface area contributed by atoms with Crippen LogP contribution in [0.25, 0.3) is 87.7 Å². The fourth-order valence-corrected chi connectivity index (χ4v) is 6.01. The molecule has 0 aliphatic heterocycles. The highest BCUT2D eigenvalue weighted by molar-refractivity contribution is 6.24. The van der Waals surface area contributed by atoms with Crippen LogP contribution in [0.2, 0.25) is 0 Å². The van der Waals surface area contributed by atoms with Crippen molar-refractivity contribution in [3.63, 3.8) is 0 Å². The molecule has 9 aromatic rings. The van der Waals surface area contributed by atoms with Crippen molar-refractivity contribution in [2.75, 3.05) is 0 Å². The minimum Gasteiger partial charge on any atom is -0.456 e. The van der Waals surface area contributed by atoms with Gasteiger partial charge in [-0.2, -0.15) is 0 Å². The quantitative estimate of drug-likeness (QED) is 0.213. The van der Waals surface area contributed by atoms with Crippen LogP contribution in [0, 0.1) is 0 Å². The Hall–Kier alpha value is -5.34. The van der Waals surface area contributed by atoms with Crippen molar-refractivity contribution in [3.05, 3.63) is 133 Å². The minimum absolute atomic E-state index is 0.163. The second-order valence-electron chi connectivity index (χ2n) is 9.84. The van der Waals surface area contributed by atoms with Gasteiger partial charge in [-0.25, -0.2) is 0 Å². The SMILES string of the molecule is [2H]c1c([2H])c([2H])c2c(-c3ccc4c(c3)oc3c4ccc4oc5ccccc5c43)c3c([2H])c([2H])c([2H])c([2H])c3c(-c3ccccc3)c2c1[2H]. The van der Waals surface area contributed by atoms with Crippen LogP contribution in [-0.2, 0) is 0 Å². The third-order valence-corrected chi connectivity index (χ3v) is 7.71. The first kappa shape index (κ1) is 15.3. The van der Waals surface area contributed by atoms with Crippen LogP contribution in [0.4, 0.5) is 0 Å². The van der Waals surface area contributed by atoms with E-state index in [0.29, 0.717) is 33.4 Å². The standard InChI is InChI=1S/C38H22O2/c1-2-10-23(11-3-1)35-26-12-4-6-14-28(26)36(29-15-7-5-13-27(29)35)24-18-19-25-30-20-21-33-37(38(30)40-34(25)22-24)31-16-8-9-17-32(31)39-33/h1-22H/i4D,5D,6D,7D,12D,13D,14D,15D. The molecule has 0 atom stereocenters. The average Bonchev–Trinajstić information content (AvgIpc) is 3.68. The van der Waals surface area contributed by atoms with E-state index in [1.165, 1.54) is 0 Å². The molecule has 0 fully saturated rings. The number of benzene rings is 7. The summed E-state index contributed by atoms with van der Waals surface area (Å²) in [6.07, 6.45) is 0. The Bertz CT molecular complexity index is 2790. The Balaban J connectivity index is 1.49. The summed E-state index contributed by atoms with van der Waals surface area (Å²) < 4.78 is 83.6. The zero-order valence-electron chi connectivity index (χ0n) is 28.9. The molecule has 2 nitrogen and oxygen atoms in total. The van der Waals surface area contributed by atoms with Gasteiger partial charge >= 0.3 is 0 Å². The number of furan rings is 2. The molecule has 0 radical (unpaired) electrons. The highest BCUT2D eigenvalue weighted by Crippen LogP contribution is 2.45. The summed E-state index contributed by atoms with van der Waals surface area (Å²) in [4.78, 5) is 0. The summed E-state index contributed by atoms with van der Waals surface area (Å²) in [5.74, 6) is 0. The molecule has 0 aliphatic rings. The molecule has 0 aliphatic carbocycles. The summed E-state index contributed by atoms with van der Waals surface area (Å²) in [6.45, 7) is 0. The largest absolute Gasteiger partial charge is 0.456 e. The second kappa shape index (κ2) is 8.08. The highest BCUT2D eigenvalue weighted by atomic mass is 16.3. The van der Waals surface area contributed by atoms with Crippen molar-refractivity contribution in [3.8, 4) is 22.3 Å². The van der Waals surface area contributed by atoms with Crippen LogP contribution >= 0.6 is 0 Å². The van der Waals surface area contributed by atoms with Crippen LogP contribution in [0.5, 0.6) is 0 Å². The summed E-state index contributed by atoms with van der Waals surface area (Å²) in [5.41, 5.74) is 4.22. The molecule has 2 heteroatoms. The normalized spacial score (nSPS) is 14.8. The molecule has 2 aromatic heterocycles. The van der Waals surface area contributed by atoms with Gasteiger partial charge in [0, 0.05) is 16.2 Å². The Kier molecular flexibility index (Phi) is 3.09. The molecule has 0 bridgehead atoms. The summed E-state index contributed by atoms with van der Waals surface area (Å²) in [6, 6.07) is 23.1. The molecule has 40 heavy (non-hydrogen) atoms. The second-order valence-corrected chi connectivity index (χ2v) is 9.84. The van der Waals surface area contributed by atoms with E-state index >= 15 is 0 Å². The Morgan fingerprint density at radius 1 is 0.425 bits per heavy atom. The fourth-order valence-electron chi connectivity index (χ4n) is 6.01. The number of para-hydroxylation sites is 1. The van der Waals surface area contributed by atoms with Crippen LogP contribution in [0.3, 0.4) is 0 Å². The maximum Gasteiger partial charge on any atom is 0.147 e. The van der Waals surface area contributed by atoms with Gasteiger partial charge in [0.25, 0.3) is 0 Å². The van der Waals surface area contributed by atoms with Gasteiger partial charge in [-0.3, -0.25) is 0 Å². The van der Waals surface area contributed by atoms with Gasteiger partial charge in [0.05, 0.1) is 16.4 Å². The van der Waals surface area contributed by atoms with E-state index in [-0.39, 0.29) is 51.3 Å². The lowest BCUT2D eigenvalue weighted by Gasteiger charge is -2.17. The number of hydrogen-bond donors (Lipinski definition) is 0. The van der Waals surface area contributed by atoms with Crippen molar-refractivity contribution >= 4 is 65.4 Å². The average molecular weight is 519 g/mol. The van der Waals surface area contributed by atoms with Crippen LogP contribution in [0.1, 0.15) is 11.0 Å². The van der Waals surface area contributed by atoms with Crippen LogP contribution in [-0.4, -0.2) is 0 Å². The third-order valence-electron chi connectivity index (χ3n) is 7.71. The molecule has 0 N–H and O–H groups in total. The molecule has 186 valence electrons. The van der Waals surface area contributed by atoms with Gasteiger partial charge in [-0.1, -0.05) is 103 Å². The van der Waals surface area contributed by atoms with E-state index in [2.05, 4.69) is 0 Å². The highest BCUT2D eigenvalue weighted by Gasteiger charge is 2.19. The summed E-state index contributed by atoms with van der Waals surface area (Å²) in [5, 5.41) is 4.12. The van der Waals surface area contributed by atoms with Crippen molar-refractivity contribution in [2.45, 2.75) is 0 Å². The predicted octanol–water partition coefficient (Wildman–Crippen LogP) is 11.1. The molecular formula is C38H22O2. The van der Waals surface area contributed by atoms with Crippen LogP contribution in [0.15, 0.2) is 142 Å². The Labute approximate surface area is 240 Å².